The summed E-state index contributed by atoms with van der Waals surface area (Å²) >= 11 is 4.79. The number of thiophene rings is 1. The maximum atomic E-state index is 13.3. The quantitative estimate of drug-likeness (QED) is 0.692. The summed E-state index contributed by atoms with van der Waals surface area (Å²) in [5.74, 6) is -0.311. The van der Waals surface area contributed by atoms with E-state index in [0.717, 1.165) is 10.3 Å². The summed E-state index contributed by atoms with van der Waals surface area (Å²) in [6.45, 7) is 0.362. The van der Waals surface area contributed by atoms with Crippen LogP contribution in [0.4, 0.5) is 4.39 Å². The Kier molecular flexibility index (Phi) is 3.24. The molecule has 0 unspecified atom stereocenters. The maximum absolute atomic E-state index is 13.3. The predicted octanol–water partition coefficient (Wildman–Crippen LogP) is 4.01. The van der Waals surface area contributed by atoms with Gasteiger partial charge in [0.05, 0.1) is 11.9 Å². The molecule has 96 valence electrons. The molecular formula is C14H9BrFNOS. The van der Waals surface area contributed by atoms with Gasteiger partial charge in [0, 0.05) is 15.4 Å². The molecule has 0 aliphatic heterocycles. The van der Waals surface area contributed by atoms with Crippen molar-refractivity contribution in [3.05, 3.63) is 68.1 Å². The standard InChI is InChI=1S/C14H9BrFNOS/c15-10-5-9(6-11(16)7-10)8-17-3-1-13-12(14(17)18)2-4-19-13/h1-7H,8H2. The molecule has 0 amide bonds. The normalized spacial score (nSPS) is 11.1. The molecule has 0 fully saturated rings. The molecule has 3 rings (SSSR count). The topological polar surface area (TPSA) is 22.0 Å². The van der Waals surface area contributed by atoms with E-state index in [1.165, 1.54) is 12.1 Å². The van der Waals surface area contributed by atoms with Gasteiger partial charge in [-0.05, 0) is 41.3 Å². The number of fused-ring (bicyclic) bond motifs is 1. The van der Waals surface area contributed by atoms with Gasteiger partial charge in [0.25, 0.3) is 5.56 Å². The number of aromatic nitrogens is 1. The van der Waals surface area contributed by atoms with Gasteiger partial charge in [0.2, 0.25) is 0 Å². The third-order valence-corrected chi connectivity index (χ3v) is 4.21. The van der Waals surface area contributed by atoms with Crippen LogP contribution in [0, 0.1) is 5.82 Å². The zero-order valence-corrected chi connectivity index (χ0v) is 12.2. The van der Waals surface area contributed by atoms with Crippen LogP contribution in [0.2, 0.25) is 0 Å². The molecule has 2 nitrogen and oxygen atoms in total. The lowest BCUT2D eigenvalue weighted by molar-refractivity contribution is 0.622. The van der Waals surface area contributed by atoms with E-state index < -0.39 is 0 Å². The average molecular weight is 338 g/mol. The molecule has 0 saturated heterocycles. The van der Waals surface area contributed by atoms with E-state index in [9.17, 15) is 9.18 Å². The fourth-order valence-electron chi connectivity index (χ4n) is 2.03. The monoisotopic (exact) mass is 337 g/mol. The van der Waals surface area contributed by atoms with Crippen molar-refractivity contribution < 1.29 is 4.39 Å². The zero-order chi connectivity index (χ0) is 13.4. The molecule has 2 heterocycles. The van der Waals surface area contributed by atoms with Crippen molar-refractivity contribution in [3.63, 3.8) is 0 Å². The molecule has 2 aromatic heterocycles. The summed E-state index contributed by atoms with van der Waals surface area (Å²) in [4.78, 5) is 12.2. The number of pyridine rings is 1. The molecular weight excluding hydrogens is 329 g/mol. The molecule has 0 aliphatic rings. The van der Waals surface area contributed by atoms with E-state index in [1.807, 2.05) is 23.6 Å². The maximum Gasteiger partial charge on any atom is 0.259 e. The minimum atomic E-state index is -0.311. The summed E-state index contributed by atoms with van der Waals surface area (Å²) in [7, 11) is 0. The number of hydrogen-bond acceptors (Lipinski definition) is 2. The van der Waals surface area contributed by atoms with Gasteiger partial charge < -0.3 is 4.57 Å². The van der Waals surface area contributed by atoms with Gasteiger partial charge in [0.1, 0.15) is 5.82 Å². The second-order valence-corrected chi connectivity index (χ2v) is 6.09. The van der Waals surface area contributed by atoms with Crippen LogP contribution in [0.5, 0.6) is 0 Å². The lowest BCUT2D eigenvalue weighted by Crippen LogP contribution is -2.19. The van der Waals surface area contributed by atoms with Gasteiger partial charge in [-0.15, -0.1) is 11.3 Å². The highest BCUT2D eigenvalue weighted by Crippen LogP contribution is 2.18. The first-order chi connectivity index (χ1) is 9.13. The van der Waals surface area contributed by atoms with E-state index in [4.69, 9.17) is 0 Å². The van der Waals surface area contributed by atoms with Crippen LogP contribution >= 0.6 is 27.3 Å². The van der Waals surface area contributed by atoms with E-state index in [0.29, 0.717) is 16.4 Å². The first-order valence-electron chi connectivity index (χ1n) is 5.65. The fraction of sp³-hybridized carbons (Fsp3) is 0.0714. The van der Waals surface area contributed by atoms with E-state index in [1.54, 1.807) is 22.1 Å². The Morgan fingerprint density at radius 1 is 1.26 bits per heavy atom. The van der Waals surface area contributed by atoms with Crippen LogP contribution in [-0.4, -0.2) is 4.57 Å². The fourth-order valence-corrected chi connectivity index (χ4v) is 3.32. The molecule has 0 N–H and O–H groups in total. The van der Waals surface area contributed by atoms with Crippen molar-refractivity contribution >= 4 is 37.4 Å². The van der Waals surface area contributed by atoms with Crippen LogP contribution in [0.15, 0.2) is 51.2 Å². The van der Waals surface area contributed by atoms with Crippen LogP contribution < -0.4 is 5.56 Å². The molecule has 0 saturated carbocycles. The molecule has 3 aromatic rings. The van der Waals surface area contributed by atoms with Gasteiger partial charge in [-0.1, -0.05) is 15.9 Å². The third-order valence-electron chi connectivity index (χ3n) is 2.87. The summed E-state index contributed by atoms with van der Waals surface area (Å²) in [6.07, 6.45) is 1.75. The first kappa shape index (κ1) is 12.6. The molecule has 5 heteroatoms. The second-order valence-electron chi connectivity index (χ2n) is 4.23. The number of benzene rings is 1. The largest absolute Gasteiger partial charge is 0.311 e. The van der Waals surface area contributed by atoms with Gasteiger partial charge in [-0.3, -0.25) is 4.79 Å². The molecule has 0 atom stereocenters. The number of rotatable bonds is 2. The molecule has 0 radical (unpaired) electrons. The van der Waals surface area contributed by atoms with E-state index in [2.05, 4.69) is 15.9 Å². The Morgan fingerprint density at radius 3 is 2.89 bits per heavy atom. The van der Waals surface area contributed by atoms with Gasteiger partial charge in [0.15, 0.2) is 0 Å². The SMILES string of the molecule is O=c1c2ccsc2ccn1Cc1cc(F)cc(Br)c1. The number of halogens is 2. The third kappa shape index (κ3) is 2.48. The minimum absolute atomic E-state index is 0.0425. The summed E-state index contributed by atoms with van der Waals surface area (Å²) in [5, 5.41) is 2.61. The minimum Gasteiger partial charge on any atom is -0.311 e. The lowest BCUT2D eigenvalue weighted by atomic mass is 10.2. The van der Waals surface area contributed by atoms with E-state index >= 15 is 0 Å². The van der Waals surface area contributed by atoms with Crippen molar-refractivity contribution in [2.24, 2.45) is 0 Å². The highest BCUT2D eigenvalue weighted by atomic mass is 79.9. The number of nitrogens with zero attached hydrogens (tertiary/aromatic N) is 1. The van der Waals surface area contributed by atoms with Crippen molar-refractivity contribution in [2.75, 3.05) is 0 Å². The molecule has 0 spiro atoms. The van der Waals surface area contributed by atoms with Crippen LogP contribution in [0.25, 0.3) is 10.1 Å². The Morgan fingerprint density at radius 2 is 2.11 bits per heavy atom. The van der Waals surface area contributed by atoms with E-state index in [-0.39, 0.29) is 11.4 Å². The van der Waals surface area contributed by atoms with Gasteiger partial charge >= 0.3 is 0 Å². The zero-order valence-electron chi connectivity index (χ0n) is 9.77. The summed E-state index contributed by atoms with van der Waals surface area (Å²) in [5.41, 5.74) is 0.711. The first-order valence-corrected chi connectivity index (χ1v) is 7.32. The smallest absolute Gasteiger partial charge is 0.259 e. The van der Waals surface area contributed by atoms with Crippen LogP contribution in [0.1, 0.15) is 5.56 Å². The molecule has 0 aliphatic carbocycles. The molecule has 0 bridgehead atoms. The Bertz CT molecular complexity index is 788. The molecule has 19 heavy (non-hydrogen) atoms. The van der Waals surface area contributed by atoms with Gasteiger partial charge in [-0.25, -0.2) is 4.39 Å². The Labute approximate surface area is 121 Å². The highest BCUT2D eigenvalue weighted by Gasteiger charge is 2.05. The highest BCUT2D eigenvalue weighted by molar-refractivity contribution is 9.10. The van der Waals surface area contributed by atoms with Crippen LogP contribution in [-0.2, 0) is 6.54 Å². The summed E-state index contributed by atoms with van der Waals surface area (Å²) in [6, 6.07) is 8.38. The molecule has 1 aromatic carbocycles. The Balaban J connectivity index is 2.05. The second kappa shape index (κ2) is 4.90. The van der Waals surface area contributed by atoms with Crippen molar-refractivity contribution in [1.29, 1.82) is 0 Å². The average Bonchev–Trinajstić information content (AvgIpc) is 2.80. The lowest BCUT2D eigenvalue weighted by Gasteiger charge is -2.07. The van der Waals surface area contributed by atoms with Crippen molar-refractivity contribution in [3.8, 4) is 0 Å². The van der Waals surface area contributed by atoms with Crippen molar-refractivity contribution in [2.45, 2.75) is 6.54 Å². The summed E-state index contributed by atoms with van der Waals surface area (Å²) < 4.78 is 16.6. The van der Waals surface area contributed by atoms with Crippen LogP contribution in [0.3, 0.4) is 0 Å². The number of hydrogen-bond donors (Lipinski definition) is 0. The Hall–Kier alpha value is -1.46. The predicted molar refractivity (Wildman–Crippen MR) is 79.3 cm³/mol. The van der Waals surface area contributed by atoms with Gasteiger partial charge in [-0.2, -0.15) is 0 Å². The van der Waals surface area contributed by atoms with Crippen molar-refractivity contribution in [1.82, 2.24) is 4.57 Å².